The van der Waals surface area contributed by atoms with Crippen LogP contribution in [0.25, 0.3) is 0 Å². The molecule has 0 fully saturated rings. The topological polar surface area (TPSA) is 68.0 Å². The number of halogens is 1. The van der Waals surface area contributed by atoms with Gasteiger partial charge in [-0.25, -0.2) is 9.37 Å². The van der Waals surface area contributed by atoms with Crippen LogP contribution >= 0.6 is 0 Å². The molecule has 0 saturated carbocycles. The number of benzene rings is 1. The Morgan fingerprint density at radius 3 is 2.70 bits per heavy atom. The summed E-state index contributed by atoms with van der Waals surface area (Å²) in [4.78, 5) is 15.9. The van der Waals surface area contributed by atoms with Crippen LogP contribution < -0.4 is 11.1 Å². The summed E-state index contributed by atoms with van der Waals surface area (Å²) in [5, 5.41) is 2.79. The number of hydrogen-bond donors (Lipinski definition) is 2. The molecule has 1 aromatic heterocycles. The van der Waals surface area contributed by atoms with Crippen LogP contribution in [0.2, 0.25) is 0 Å². The first-order valence-electron chi connectivity index (χ1n) is 6.26. The smallest absolute Gasteiger partial charge is 0.253 e. The van der Waals surface area contributed by atoms with E-state index >= 15 is 0 Å². The number of carbonyl (C=O) groups is 1. The van der Waals surface area contributed by atoms with Gasteiger partial charge in [-0.3, -0.25) is 4.79 Å². The molecule has 20 heavy (non-hydrogen) atoms. The average Bonchev–Trinajstić information content (AvgIpc) is 2.42. The van der Waals surface area contributed by atoms with Gasteiger partial charge in [0, 0.05) is 6.20 Å². The molecule has 1 amide bonds. The van der Waals surface area contributed by atoms with Crippen LogP contribution in [0.3, 0.4) is 0 Å². The maximum atomic E-state index is 13.5. The van der Waals surface area contributed by atoms with Gasteiger partial charge in [0.1, 0.15) is 11.6 Å². The third-order valence-electron chi connectivity index (χ3n) is 3.09. The van der Waals surface area contributed by atoms with Gasteiger partial charge in [-0.15, -0.1) is 0 Å². The van der Waals surface area contributed by atoms with Crippen LogP contribution in [-0.2, 0) is 0 Å². The first-order chi connectivity index (χ1) is 9.47. The molecule has 0 saturated heterocycles. The Kier molecular flexibility index (Phi) is 3.98. The van der Waals surface area contributed by atoms with E-state index in [0.717, 1.165) is 0 Å². The molecule has 2 aromatic rings. The molecule has 0 bridgehead atoms. The molecule has 4 nitrogen and oxygen atoms in total. The lowest BCUT2D eigenvalue weighted by atomic mass is 10.1. The van der Waals surface area contributed by atoms with E-state index in [4.69, 9.17) is 5.73 Å². The molecular formula is C15H16FN3O. The number of nitrogens with two attached hydrogens (primary N) is 1. The van der Waals surface area contributed by atoms with Crippen molar-refractivity contribution < 1.29 is 9.18 Å². The van der Waals surface area contributed by atoms with Gasteiger partial charge in [-0.05, 0) is 43.2 Å². The van der Waals surface area contributed by atoms with E-state index < -0.39 is 0 Å². The second-order valence-corrected chi connectivity index (χ2v) is 4.68. The Balaban J connectivity index is 2.10. The number of hydrogen-bond acceptors (Lipinski definition) is 3. The highest BCUT2D eigenvalue weighted by Gasteiger charge is 2.12. The summed E-state index contributed by atoms with van der Waals surface area (Å²) in [7, 11) is 0. The van der Waals surface area contributed by atoms with Crippen molar-refractivity contribution in [3.8, 4) is 0 Å². The van der Waals surface area contributed by atoms with Crippen molar-refractivity contribution in [2.24, 2.45) is 0 Å². The summed E-state index contributed by atoms with van der Waals surface area (Å²) in [5.74, 6) is -0.195. The van der Waals surface area contributed by atoms with Gasteiger partial charge in [-0.2, -0.15) is 0 Å². The molecule has 1 aromatic carbocycles. The van der Waals surface area contributed by atoms with Gasteiger partial charge in [0.05, 0.1) is 11.6 Å². The second kappa shape index (κ2) is 5.69. The summed E-state index contributed by atoms with van der Waals surface area (Å²) in [6.07, 6.45) is 1.41. The normalized spacial score (nSPS) is 11.9. The number of carbonyl (C=O) groups excluding carboxylic acids is 1. The lowest BCUT2D eigenvalue weighted by Gasteiger charge is -2.15. The van der Waals surface area contributed by atoms with E-state index in [1.165, 1.54) is 12.3 Å². The van der Waals surface area contributed by atoms with Crippen molar-refractivity contribution in [1.82, 2.24) is 10.3 Å². The summed E-state index contributed by atoms with van der Waals surface area (Å²) in [6.45, 7) is 3.50. The van der Waals surface area contributed by atoms with E-state index in [-0.39, 0.29) is 17.8 Å². The molecule has 1 unspecified atom stereocenters. The number of aromatic nitrogens is 1. The highest BCUT2D eigenvalue weighted by molar-refractivity contribution is 5.94. The summed E-state index contributed by atoms with van der Waals surface area (Å²) < 4.78 is 13.5. The predicted octanol–water partition coefficient (Wildman–Crippen LogP) is 2.60. The number of anilines is 1. The van der Waals surface area contributed by atoms with Crippen molar-refractivity contribution in [3.63, 3.8) is 0 Å². The predicted molar refractivity (Wildman–Crippen MR) is 75.7 cm³/mol. The number of amides is 1. The molecule has 0 aliphatic carbocycles. The minimum atomic E-state index is -0.296. The van der Waals surface area contributed by atoms with Crippen molar-refractivity contribution in [2.75, 3.05) is 5.73 Å². The number of nitrogens with zero attached hydrogens (tertiary/aromatic N) is 1. The summed E-state index contributed by atoms with van der Waals surface area (Å²) >= 11 is 0. The van der Waals surface area contributed by atoms with Crippen LogP contribution in [0.5, 0.6) is 0 Å². The van der Waals surface area contributed by atoms with Gasteiger partial charge in [0.25, 0.3) is 5.91 Å². The Labute approximate surface area is 116 Å². The minimum absolute atomic E-state index is 0.272. The fourth-order valence-electron chi connectivity index (χ4n) is 1.78. The first-order valence-corrected chi connectivity index (χ1v) is 6.26. The minimum Gasteiger partial charge on any atom is -0.384 e. The fraction of sp³-hybridized carbons (Fsp3) is 0.200. The molecule has 3 N–H and O–H groups in total. The Morgan fingerprint density at radius 1 is 1.35 bits per heavy atom. The zero-order chi connectivity index (χ0) is 14.7. The molecule has 2 rings (SSSR count). The number of nitrogens with one attached hydrogen (secondary N) is 1. The van der Waals surface area contributed by atoms with Crippen molar-refractivity contribution in [1.29, 1.82) is 0 Å². The average molecular weight is 273 g/mol. The van der Waals surface area contributed by atoms with Gasteiger partial charge >= 0.3 is 0 Å². The molecule has 0 spiro atoms. The molecular weight excluding hydrogens is 257 g/mol. The second-order valence-electron chi connectivity index (χ2n) is 4.68. The van der Waals surface area contributed by atoms with E-state index in [0.29, 0.717) is 22.5 Å². The molecule has 104 valence electrons. The van der Waals surface area contributed by atoms with Crippen LogP contribution in [0, 0.1) is 12.7 Å². The van der Waals surface area contributed by atoms with E-state index in [1.54, 1.807) is 38.1 Å². The first kappa shape index (κ1) is 14.0. The van der Waals surface area contributed by atoms with Crippen molar-refractivity contribution >= 4 is 11.7 Å². The molecule has 0 aliphatic heterocycles. The number of rotatable bonds is 3. The van der Waals surface area contributed by atoms with Crippen molar-refractivity contribution in [2.45, 2.75) is 19.9 Å². The summed E-state index contributed by atoms with van der Waals surface area (Å²) in [5.41, 5.74) is 7.17. The molecule has 1 heterocycles. The van der Waals surface area contributed by atoms with E-state index in [1.807, 2.05) is 0 Å². The maximum absolute atomic E-state index is 13.5. The van der Waals surface area contributed by atoms with Crippen LogP contribution in [0.15, 0.2) is 36.5 Å². The third kappa shape index (κ3) is 3.12. The SMILES string of the molecule is Cc1ccc(C(C)NC(=O)c2ccc(N)nc2)cc1F. The zero-order valence-corrected chi connectivity index (χ0v) is 11.4. The summed E-state index contributed by atoms with van der Waals surface area (Å²) in [6, 6.07) is 7.78. The molecule has 0 aliphatic rings. The highest BCUT2D eigenvalue weighted by Crippen LogP contribution is 2.16. The van der Waals surface area contributed by atoms with E-state index in [9.17, 15) is 9.18 Å². The molecule has 0 radical (unpaired) electrons. The standard InChI is InChI=1S/C15H16FN3O/c1-9-3-4-11(7-13(9)16)10(2)19-15(20)12-5-6-14(17)18-8-12/h3-8,10H,1-2H3,(H2,17,18)(H,19,20). The van der Waals surface area contributed by atoms with Crippen molar-refractivity contribution in [3.05, 3.63) is 59.0 Å². The molecule has 1 atom stereocenters. The maximum Gasteiger partial charge on any atom is 0.253 e. The Morgan fingerprint density at radius 2 is 2.10 bits per heavy atom. The lowest BCUT2D eigenvalue weighted by molar-refractivity contribution is 0.0939. The fourth-order valence-corrected chi connectivity index (χ4v) is 1.78. The quantitative estimate of drug-likeness (QED) is 0.903. The third-order valence-corrected chi connectivity index (χ3v) is 3.09. The number of pyridine rings is 1. The lowest BCUT2D eigenvalue weighted by Crippen LogP contribution is -2.26. The van der Waals surface area contributed by atoms with Gasteiger partial charge in [0.15, 0.2) is 0 Å². The number of nitrogen functional groups attached to an aromatic ring is 1. The largest absolute Gasteiger partial charge is 0.384 e. The van der Waals surface area contributed by atoms with Gasteiger partial charge < -0.3 is 11.1 Å². The zero-order valence-electron chi connectivity index (χ0n) is 11.4. The molecule has 5 heteroatoms. The van der Waals surface area contributed by atoms with Crippen LogP contribution in [0.1, 0.15) is 34.5 Å². The van der Waals surface area contributed by atoms with Crippen LogP contribution in [-0.4, -0.2) is 10.9 Å². The van der Waals surface area contributed by atoms with Gasteiger partial charge in [0.2, 0.25) is 0 Å². The number of aryl methyl sites for hydroxylation is 1. The van der Waals surface area contributed by atoms with E-state index in [2.05, 4.69) is 10.3 Å². The van der Waals surface area contributed by atoms with Gasteiger partial charge in [-0.1, -0.05) is 12.1 Å². The Bertz CT molecular complexity index is 626. The highest BCUT2D eigenvalue weighted by atomic mass is 19.1. The Hall–Kier alpha value is -2.43. The van der Waals surface area contributed by atoms with Crippen LogP contribution in [0.4, 0.5) is 10.2 Å². The monoisotopic (exact) mass is 273 g/mol.